The molecule has 76 heavy (non-hydrogen) atoms. The van der Waals surface area contributed by atoms with Crippen molar-refractivity contribution in [2.75, 3.05) is 97.5 Å². The summed E-state index contributed by atoms with van der Waals surface area (Å²) in [6, 6.07) is 7.49. The average molecular weight is 1060 g/mol. The molecule has 2 aliphatic carbocycles. The van der Waals surface area contributed by atoms with Gasteiger partial charge >= 0.3 is 5.97 Å². The van der Waals surface area contributed by atoms with Gasteiger partial charge in [-0.25, -0.2) is 10.4 Å². The number of pyridine rings is 1. The van der Waals surface area contributed by atoms with Crippen LogP contribution in [0.3, 0.4) is 0 Å². The van der Waals surface area contributed by atoms with E-state index in [2.05, 4.69) is 94.3 Å². The quantitative estimate of drug-likeness (QED) is 0.143. The third-order valence-electron chi connectivity index (χ3n) is 18.4. The van der Waals surface area contributed by atoms with Gasteiger partial charge in [-0.05, 0) is 100 Å². The van der Waals surface area contributed by atoms with Crippen molar-refractivity contribution >= 4 is 45.7 Å². The molecule has 5 saturated heterocycles. The maximum Gasteiger partial charge on any atom is 0.324 e. The Bertz CT molecular complexity index is 2790. The molecular weight excluding hydrogens is 983 g/mol. The molecule has 7 fully saturated rings. The summed E-state index contributed by atoms with van der Waals surface area (Å²) in [6.45, 7) is 20.4. The lowest BCUT2D eigenvalue weighted by Gasteiger charge is -2.41. The number of amides is 2. The number of methoxy groups -OCH3 is 1. The number of thiazole rings is 1. The molecule has 3 aromatic heterocycles. The zero-order chi connectivity index (χ0) is 52.5. The summed E-state index contributed by atoms with van der Waals surface area (Å²) in [5, 5.41) is 8.86. The van der Waals surface area contributed by atoms with Crippen molar-refractivity contribution in [3.8, 4) is 22.5 Å². The number of aromatic nitrogens is 3. The van der Waals surface area contributed by atoms with Crippen LogP contribution >= 0.6 is 11.3 Å². The highest BCUT2D eigenvalue weighted by atomic mass is 32.1. The number of hydrogen-bond acceptors (Lipinski definition) is 15. The molecular formula is C58H79N9O8S. The topological polar surface area (TPSA) is 165 Å². The van der Waals surface area contributed by atoms with Crippen molar-refractivity contribution in [1.82, 2.24) is 40.1 Å². The maximum absolute atomic E-state index is 15.3. The van der Waals surface area contributed by atoms with Crippen molar-refractivity contribution in [1.29, 1.82) is 0 Å². The van der Waals surface area contributed by atoms with Crippen LogP contribution in [0.1, 0.15) is 108 Å². The largest absolute Gasteiger partial charge is 0.464 e. The lowest BCUT2D eigenvalue weighted by molar-refractivity contribution is -0.156. The third kappa shape index (κ3) is 10.3. The van der Waals surface area contributed by atoms with Gasteiger partial charge in [-0.1, -0.05) is 33.8 Å². The van der Waals surface area contributed by atoms with Crippen LogP contribution in [0.5, 0.6) is 0 Å². The van der Waals surface area contributed by atoms with Gasteiger partial charge in [0.25, 0.3) is 5.91 Å². The van der Waals surface area contributed by atoms with Crippen molar-refractivity contribution in [2.45, 2.75) is 129 Å². The number of cyclic esters (lactones) is 1. The van der Waals surface area contributed by atoms with Crippen LogP contribution in [-0.4, -0.2) is 164 Å². The molecule has 2 amide bonds. The van der Waals surface area contributed by atoms with E-state index >= 15 is 4.79 Å². The first-order chi connectivity index (χ1) is 36.8. The molecule has 1 spiro atoms. The van der Waals surface area contributed by atoms with Gasteiger partial charge in [0.1, 0.15) is 17.1 Å². The SMILES string of the molecule is CO[C@@H](C)c1ncc(N2CCN(C3CC3)CC2)cc1-c1c2c3cc(ccc3n1CCOC1CCOCC1)-c1csc(n1)[C@@H](N1CCC3(COC3)C1)[C@H](NC(=O)C1[C@@H](C)[C@H]1C)C(=O)N1CCC[C@H](N1)C(=O)OCC(C)(C)C2. The lowest BCUT2D eigenvalue weighted by atomic mass is 9.84. The highest BCUT2D eigenvalue weighted by Crippen LogP contribution is 2.48. The molecule has 1 aromatic carbocycles. The summed E-state index contributed by atoms with van der Waals surface area (Å²) in [4.78, 5) is 62.3. The Hall–Kier alpha value is -4.53. The van der Waals surface area contributed by atoms with E-state index in [4.69, 9.17) is 33.7 Å². The smallest absolute Gasteiger partial charge is 0.324 e. The highest BCUT2D eigenvalue weighted by molar-refractivity contribution is 7.10. The molecule has 7 atom stereocenters. The van der Waals surface area contributed by atoms with E-state index in [1.54, 1.807) is 23.5 Å². The van der Waals surface area contributed by atoms with E-state index in [0.29, 0.717) is 65.4 Å². The van der Waals surface area contributed by atoms with Crippen LogP contribution in [0.2, 0.25) is 0 Å². The fraction of sp³-hybridized carbons (Fsp3) is 0.672. The second-order valence-electron chi connectivity index (χ2n) is 24.4. The second kappa shape index (κ2) is 21.3. The Balaban J connectivity index is 1.01. The van der Waals surface area contributed by atoms with Gasteiger partial charge in [-0.2, -0.15) is 0 Å². The normalized spacial score (nSPS) is 28.8. The standard InChI is InChI=1S/C58H79N9O8S/c1-35-36(2)48(35)53(68)61-50-52(65-17-15-58(31-65)33-73-34-58)54-60-46(30-76-54)38-9-12-47-42(26-38)44(28-57(4,5)32-75-56(70)45-8-7-16-67(62-45)55(50)69)51(66(47)22-25-74-41-13-23-72-24-14-41)43-27-40(29-59-49(43)37(3)71-6)64-20-18-63(19-21-64)39-10-11-39/h9,12,26-27,29-30,35-37,39,41,45,48,50,52,62H,7-8,10-11,13-25,28,31-34H2,1-6H3,(H,61,68)/t35-,36+,37-,45-,48?,50-,52-/m0/s1. The first-order valence-electron chi connectivity index (χ1n) is 28.5. The number of hydrazine groups is 1. The van der Waals surface area contributed by atoms with Gasteiger partial charge in [0.05, 0.1) is 73.6 Å². The number of esters is 1. The Labute approximate surface area is 451 Å². The summed E-state index contributed by atoms with van der Waals surface area (Å²) in [7, 11) is 1.75. The number of carbonyl (C=O) groups is 3. The molecule has 9 heterocycles. The number of anilines is 1. The molecule has 2 saturated carbocycles. The summed E-state index contributed by atoms with van der Waals surface area (Å²) in [6.07, 6.45) is 8.81. The van der Waals surface area contributed by atoms with E-state index in [1.165, 1.54) is 12.8 Å². The molecule has 4 aromatic rings. The van der Waals surface area contributed by atoms with Crippen molar-refractivity contribution in [3.63, 3.8) is 0 Å². The Morgan fingerprint density at radius 2 is 1.75 bits per heavy atom. The molecule has 1 unspecified atom stereocenters. The number of piperazine rings is 1. The van der Waals surface area contributed by atoms with E-state index in [9.17, 15) is 9.59 Å². The molecule has 2 N–H and O–H groups in total. The Kier molecular flexibility index (Phi) is 14.6. The lowest BCUT2D eigenvalue weighted by Crippen LogP contribution is -2.62. The first-order valence-corrected chi connectivity index (χ1v) is 29.3. The zero-order valence-electron chi connectivity index (χ0n) is 45.5. The van der Waals surface area contributed by atoms with E-state index < -0.39 is 29.5 Å². The predicted molar refractivity (Wildman–Crippen MR) is 291 cm³/mol. The summed E-state index contributed by atoms with van der Waals surface area (Å²) in [5.74, 6) is -0.533. The van der Waals surface area contributed by atoms with E-state index in [-0.39, 0.29) is 53.8 Å². The number of rotatable bonds is 12. The van der Waals surface area contributed by atoms with Gasteiger partial charge in [0.2, 0.25) is 5.91 Å². The summed E-state index contributed by atoms with van der Waals surface area (Å²) < 4.78 is 33.1. The van der Waals surface area contributed by atoms with Crippen LogP contribution in [-0.2, 0) is 51.0 Å². The third-order valence-corrected chi connectivity index (χ3v) is 19.3. The number of likely N-dealkylation sites (tertiary alicyclic amines) is 1. The van der Waals surface area contributed by atoms with Gasteiger partial charge < -0.3 is 38.5 Å². The second-order valence-corrected chi connectivity index (χ2v) is 25.3. The molecule has 17 nitrogen and oxygen atoms in total. The van der Waals surface area contributed by atoms with Crippen LogP contribution < -0.4 is 15.6 Å². The van der Waals surface area contributed by atoms with Gasteiger partial charge in [-0.15, -0.1) is 11.3 Å². The van der Waals surface area contributed by atoms with Crippen LogP contribution in [0, 0.1) is 28.6 Å². The number of ether oxygens (including phenoxy) is 5. The van der Waals surface area contributed by atoms with Crippen LogP contribution in [0.15, 0.2) is 35.8 Å². The molecule has 18 heteroatoms. The number of benzene rings is 1. The number of fused-ring (bicyclic) bond motifs is 6. The van der Waals surface area contributed by atoms with E-state index in [1.807, 2.05) is 6.20 Å². The minimum atomic E-state index is -0.966. The Morgan fingerprint density at radius 3 is 2.46 bits per heavy atom. The molecule has 8 aliphatic rings. The summed E-state index contributed by atoms with van der Waals surface area (Å²) in [5.41, 5.74) is 10.8. The van der Waals surface area contributed by atoms with Gasteiger partial charge in [0, 0.05) is 116 Å². The maximum atomic E-state index is 15.3. The minimum Gasteiger partial charge on any atom is -0.464 e. The molecule has 0 radical (unpaired) electrons. The number of nitrogens with one attached hydrogen (secondary N) is 2. The number of carbonyl (C=O) groups excluding carboxylic acids is 3. The minimum absolute atomic E-state index is 0.00162. The Morgan fingerprint density at radius 1 is 0.961 bits per heavy atom. The fourth-order valence-corrected chi connectivity index (χ4v) is 14.2. The van der Waals surface area contributed by atoms with Crippen molar-refractivity contribution in [3.05, 3.63) is 52.1 Å². The molecule has 12 rings (SSSR count). The monoisotopic (exact) mass is 1060 g/mol. The van der Waals surface area contributed by atoms with Crippen molar-refractivity contribution < 1.29 is 38.1 Å². The first kappa shape index (κ1) is 52.2. The fourth-order valence-electron chi connectivity index (χ4n) is 13.2. The highest BCUT2D eigenvalue weighted by Gasteiger charge is 2.53. The van der Waals surface area contributed by atoms with E-state index in [0.717, 1.165) is 120 Å². The number of nitrogens with zero attached hydrogens (tertiary/aromatic N) is 7. The summed E-state index contributed by atoms with van der Waals surface area (Å²) >= 11 is 1.54. The van der Waals surface area contributed by atoms with Gasteiger partial charge in [-0.3, -0.25) is 34.2 Å². The van der Waals surface area contributed by atoms with Crippen LogP contribution in [0.25, 0.3) is 33.4 Å². The molecule has 410 valence electrons. The zero-order valence-corrected chi connectivity index (χ0v) is 46.3. The molecule has 6 bridgehead atoms. The predicted octanol–water partition coefficient (Wildman–Crippen LogP) is 6.79. The number of hydrogen-bond donors (Lipinski definition) is 2. The average Bonchev–Trinajstić information content (AvgIpc) is 4.19. The van der Waals surface area contributed by atoms with Crippen molar-refractivity contribution in [2.24, 2.45) is 28.6 Å². The van der Waals surface area contributed by atoms with Gasteiger partial charge in [0.15, 0.2) is 0 Å². The molecule has 6 aliphatic heterocycles. The van der Waals surface area contributed by atoms with Crippen LogP contribution in [0.4, 0.5) is 5.69 Å².